The number of nitrogens with one attached hydrogen (secondary N) is 1. The Morgan fingerprint density at radius 2 is 2.11 bits per heavy atom. The first-order valence-electron chi connectivity index (χ1n) is 6.95. The minimum atomic E-state index is -0.175. The van der Waals surface area contributed by atoms with Gasteiger partial charge >= 0.3 is 0 Å². The fraction of sp³-hybridized carbons (Fsp3) is 0.600. The van der Waals surface area contributed by atoms with Crippen molar-refractivity contribution in [2.24, 2.45) is 5.92 Å². The van der Waals surface area contributed by atoms with Gasteiger partial charge in [0.15, 0.2) is 0 Å². The third kappa shape index (κ3) is 3.85. The number of aromatic hydroxyl groups is 1. The van der Waals surface area contributed by atoms with Gasteiger partial charge in [-0.05, 0) is 24.8 Å². The highest BCUT2D eigenvalue weighted by molar-refractivity contribution is 5.39. The van der Waals surface area contributed by atoms with Crippen LogP contribution in [0, 0.1) is 5.92 Å². The Hall–Kier alpha value is -1.26. The Morgan fingerprint density at radius 1 is 1.32 bits per heavy atom. The number of hydrogen-bond acceptors (Lipinski definition) is 4. The third-order valence-corrected chi connectivity index (χ3v) is 3.88. The summed E-state index contributed by atoms with van der Waals surface area (Å²) in [6.45, 7) is 1.41. The van der Waals surface area contributed by atoms with E-state index in [1.165, 1.54) is 6.42 Å². The van der Waals surface area contributed by atoms with Gasteiger partial charge in [-0.25, -0.2) is 0 Å². The van der Waals surface area contributed by atoms with Gasteiger partial charge in [0.2, 0.25) is 0 Å². The molecule has 1 fully saturated rings. The summed E-state index contributed by atoms with van der Waals surface area (Å²) in [6, 6.07) is 5.32. The van der Waals surface area contributed by atoms with Crippen molar-refractivity contribution < 1.29 is 14.9 Å². The fourth-order valence-corrected chi connectivity index (χ4v) is 2.64. The quantitative estimate of drug-likeness (QED) is 0.762. The molecule has 0 amide bonds. The summed E-state index contributed by atoms with van der Waals surface area (Å²) in [5, 5.41) is 23.0. The molecule has 1 aliphatic carbocycles. The molecule has 0 aliphatic heterocycles. The fourth-order valence-electron chi connectivity index (χ4n) is 2.64. The van der Waals surface area contributed by atoms with Crippen LogP contribution in [0.5, 0.6) is 11.5 Å². The van der Waals surface area contributed by atoms with Crippen LogP contribution in [0.15, 0.2) is 18.2 Å². The summed E-state index contributed by atoms with van der Waals surface area (Å²) >= 11 is 0. The van der Waals surface area contributed by atoms with Crippen molar-refractivity contribution in [1.29, 1.82) is 0 Å². The molecule has 1 aliphatic rings. The lowest BCUT2D eigenvalue weighted by atomic mass is 9.86. The zero-order chi connectivity index (χ0) is 13.7. The molecular formula is C15H23NO3. The monoisotopic (exact) mass is 265 g/mol. The molecule has 2 unspecified atom stereocenters. The zero-order valence-corrected chi connectivity index (χ0v) is 11.4. The first-order valence-corrected chi connectivity index (χ1v) is 6.95. The minimum absolute atomic E-state index is 0.175. The van der Waals surface area contributed by atoms with E-state index in [0.717, 1.165) is 31.4 Å². The highest BCUT2D eigenvalue weighted by atomic mass is 16.5. The van der Waals surface area contributed by atoms with Gasteiger partial charge in [-0.2, -0.15) is 0 Å². The Labute approximate surface area is 114 Å². The number of rotatable bonds is 5. The van der Waals surface area contributed by atoms with E-state index in [1.807, 2.05) is 12.1 Å². The number of methoxy groups -OCH3 is 1. The lowest BCUT2D eigenvalue weighted by molar-refractivity contribution is 0.0695. The summed E-state index contributed by atoms with van der Waals surface area (Å²) in [4.78, 5) is 0. The van der Waals surface area contributed by atoms with Crippen LogP contribution in [0.1, 0.15) is 31.2 Å². The number of aliphatic hydroxyl groups excluding tert-OH is 1. The maximum Gasteiger partial charge on any atom is 0.123 e. The van der Waals surface area contributed by atoms with Gasteiger partial charge in [0.1, 0.15) is 11.5 Å². The van der Waals surface area contributed by atoms with E-state index in [0.29, 0.717) is 18.2 Å². The molecule has 0 spiro atoms. The van der Waals surface area contributed by atoms with E-state index < -0.39 is 0 Å². The lowest BCUT2D eigenvalue weighted by Crippen LogP contribution is -2.33. The van der Waals surface area contributed by atoms with Crippen molar-refractivity contribution in [2.45, 2.75) is 38.3 Å². The number of phenolic OH excluding ortho intramolecular Hbond substituents is 1. The lowest BCUT2D eigenvalue weighted by Gasteiger charge is -2.27. The number of benzene rings is 1. The molecule has 4 nitrogen and oxygen atoms in total. The highest BCUT2D eigenvalue weighted by Crippen LogP contribution is 2.25. The van der Waals surface area contributed by atoms with E-state index in [2.05, 4.69) is 5.32 Å². The summed E-state index contributed by atoms with van der Waals surface area (Å²) in [7, 11) is 1.58. The molecule has 0 aromatic heterocycles. The molecule has 19 heavy (non-hydrogen) atoms. The maximum atomic E-state index is 9.88. The highest BCUT2D eigenvalue weighted by Gasteiger charge is 2.22. The third-order valence-electron chi connectivity index (χ3n) is 3.88. The predicted molar refractivity (Wildman–Crippen MR) is 74.3 cm³/mol. The molecule has 0 heterocycles. The molecule has 1 aromatic carbocycles. The summed E-state index contributed by atoms with van der Waals surface area (Å²) < 4.78 is 5.05. The second-order valence-electron chi connectivity index (χ2n) is 5.24. The number of ether oxygens (including phenoxy) is 1. The normalized spacial score (nSPS) is 23.3. The number of hydrogen-bond donors (Lipinski definition) is 3. The molecule has 0 saturated heterocycles. The molecule has 2 atom stereocenters. The van der Waals surface area contributed by atoms with E-state index in [-0.39, 0.29) is 11.9 Å². The number of aliphatic hydroxyl groups is 1. The predicted octanol–water partition coefficient (Wildman–Crippen LogP) is 2.04. The van der Waals surface area contributed by atoms with Gasteiger partial charge in [-0.15, -0.1) is 0 Å². The van der Waals surface area contributed by atoms with Crippen LogP contribution in [0.2, 0.25) is 0 Å². The molecule has 0 radical (unpaired) electrons. The van der Waals surface area contributed by atoms with Gasteiger partial charge in [-0.3, -0.25) is 0 Å². The van der Waals surface area contributed by atoms with Crippen molar-refractivity contribution in [2.75, 3.05) is 13.7 Å². The van der Waals surface area contributed by atoms with Crippen LogP contribution < -0.4 is 10.1 Å². The Balaban J connectivity index is 1.82. The molecule has 106 valence electrons. The van der Waals surface area contributed by atoms with E-state index in [4.69, 9.17) is 4.74 Å². The molecular weight excluding hydrogens is 242 g/mol. The largest absolute Gasteiger partial charge is 0.507 e. The smallest absolute Gasteiger partial charge is 0.123 e. The Kier molecular flexibility index (Phi) is 5.05. The molecule has 3 N–H and O–H groups in total. The van der Waals surface area contributed by atoms with Gasteiger partial charge in [0.05, 0.1) is 13.2 Å². The van der Waals surface area contributed by atoms with E-state index >= 15 is 0 Å². The summed E-state index contributed by atoms with van der Waals surface area (Å²) in [5.41, 5.74) is 0.853. The van der Waals surface area contributed by atoms with Gasteiger partial charge in [-0.1, -0.05) is 18.9 Å². The van der Waals surface area contributed by atoms with Gasteiger partial charge in [0, 0.05) is 24.7 Å². The summed E-state index contributed by atoms with van der Waals surface area (Å²) in [6.07, 6.45) is 4.17. The van der Waals surface area contributed by atoms with Crippen LogP contribution in [0.25, 0.3) is 0 Å². The molecule has 2 rings (SSSR count). The van der Waals surface area contributed by atoms with Crippen LogP contribution in [-0.4, -0.2) is 30.0 Å². The van der Waals surface area contributed by atoms with Crippen LogP contribution in [-0.2, 0) is 6.54 Å². The Morgan fingerprint density at radius 3 is 2.79 bits per heavy atom. The van der Waals surface area contributed by atoms with E-state index in [9.17, 15) is 10.2 Å². The summed E-state index contributed by atoms with van der Waals surface area (Å²) in [5.74, 6) is 1.24. The van der Waals surface area contributed by atoms with Crippen molar-refractivity contribution in [3.8, 4) is 11.5 Å². The second-order valence-corrected chi connectivity index (χ2v) is 5.24. The minimum Gasteiger partial charge on any atom is -0.507 e. The molecule has 1 saturated carbocycles. The zero-order valence-electron chi connectivity index (χ0n) is 11.4. The average Bonchev–Trinajstić information content (AvgIpc) is 2.42. The molecule has 4 heteroatoms. The van der Waals surface area contributed by atoms with Crippen LogP contribution in [0.3, 0.4) is 0 Å². The van der Waals surface area contributed by atoms with Gasteiger partial charge in [0.25, 0.3) is 0 Å². The van der Waals surface area contributed by atoms with Gasteiger partial charge < -0.3 is 20.3 Å². The maximum absolute atomic E-state index is 9.88. The molecule has 0 bridgehead atoms. The first-order chi connectivity index (χ1) is 9.20. The molecule has 1 aromatic rings. The van der Waals surface area contributed by atoms with Crippen molar-refractivity contribution in [3.05, 3.63) is 23.8 Å². The van der Waals surface area contributed by atoms with Crippen molar-refractivity contribution in [3.63, 3.8) is 0 Å². The standard InChI is InChI=1S/C15H23NO3/c1-19-13-7-6-12(15(18)8-13)10-16-9-11-4-2-3-5-14(11)17/h6-8,11,14,16-18H,2-5,9-10H2,1H3. The van der Waals surface area contributed by atoms with E-state index in [1.54, 1.807) is 13.2 Å². The van der Waals surface area contributed by atoms with Crippen molar-refractivity contribution in [1.82, 2.24) is 5.32 Å². The number of phenols is 1. The SMILES string of the molecule is COc1ccc(CNCC2CCCCC2O)c(O)c1. The first kappa shape index (κ1) is 14.2. The Bertz CT molecular complexity index is 408. The topological polar surface area (TPSA) is 61.7 Å². The average molecular weight is 265 g/mol. The van der Waals surface area contributed by atoms with Crippen LogP contribution in [0.4, 0.5) is 0 Å². The van der Waals surface area contributed by atoms with Crippen LogP contribution >= 0.6 is 0 Å². The second kappa shape index (κ2) is 6.78. The van der Waals surface area contributed by atoms with Crippen molar-refractivity contribution >= 4 is 0 Å².